The van der Waals surface area contributed by atoms with Crippen molar-refractivity contribution in [3.05, 3.63) is 46.6 Å². The monoisotopic (exact) mass is 324 g/mol. The molecule has 0 aliphatic heterocycles. The number of benzene rings is 1. The molecule has 0 aliphatic rings. The number of rotatable bonds is 4. The van der Waals surface area contributed by atoms with Crippen molar-refractivity contribution >= 4 is 23.6 Å². The van der Waals surface area contributed by atoms with Crippen LogP contribution in [0.2, 0.25) is 5.02 Å². The van der Waals surface area contributed by atoms with Gasteiger partial charge in [-0.15, -0.1) is 0 Å². The van der Waals surface area contributed by atoms with Gasteiger partial charge in [0.25, 0.3) is 0 Å². The molecule has 0 N–H and O–H groups in total. The minimum absolute atomic E-state index is 0.00202. The van der Waals surface area contributed by atoms with Gasteiger partial charge in [0.15, 0.2) is 5.76 Å². The lowest BCUT2D eigenvalue weighted by molar-refractivity contribution is 0.0600. The number of esters is 1. The van der Waals surface area contributed by atoms with Gasteiger partial charge in [0.1, 0.15) is 17.1 Å². The van der Waals surface area contributed by atoms with Gasteiger partial charge in [-0.25, -0.2) is 9.18 Å². The van der Waals surface area contributed by atoms with Crippen LogP contribution < -0.4 is 0 Å². The standard InChI is InChI=1S/C15H14ClFN2O3/c1-19(2)8-7-11-13(15(20)21-3)14(18-22-11)12-9(16)5-4-6-10(12)17/h4-8H,1-3H3/b8-7-. The zero-order chi connectivity index (χ0) is 16.3. The van der Waals surface area contributed by atoms with E-state index in [0.717, 1.165) is 0 Å². The highest BCUT2D eigenvalue weighted by molar-refractivity contribution is 6.33. The molecule has 0 aliphatic carbocycles. The summed E-state index contributed by atoms with van der Waals surface area (Å²) in [6.45, 7) is 0. The van der Waals surface area contributed by atoms with Gasteiger partial charge in [-0.2, -0.15) is 0 Å². The Kier molecular flexibility index (Phi) is 4.82. The predicted octanol–water partition coefficient (Wildman–Crippen LogP) is 3.45. The molecule has 7 heteroatoms. The second-order valence-electron chi connectivity index (χ2n) is 4.64. The molecule has 22 heavy (non-hydrogen) atoms. The van der Waals surface area contributed by atoms with E-state index in [0.29, 0.717) is 0 Å². The van der Waals surface area contributed by atoms with Crippen LogP contribution in [-0.2, 0) is 4.74 Å². The van der Waals surface area contributed by atoms with Crippen LogP contribution in [-0.4, -0.2) is 37.2 Å². The van der Waals surface area contributed by atoms with Gasteiger partial charge in [0.2, 0.25) is 0 Å². The van der Waals surface area contributed by atoms with Crippen molar-refractivity contribution in [1.82, 2.24) is 10.1 Å². The minimum atomic E-state index is -0.686. The van der Waals surface area contributed by atoms with E-state index in [1.165, 1.54) is 31.4 Å². The highest BCUT2D eigenvalue weighted by Gasteiger charge is 2.26. The predicted molar refractivity (Wildman–Crippen MR) is 81.0 cm³/mol. The number of ether oxygens (including phenoxy) is 1. The first-order chi connectivity index (χ1) is 10.5. The summed E-state index contributed by atoms with van der Waals surface area (Å²) in [5.74, 6) is -1.13. The molecule has 1 aromatic heterocycles. The fourth-order valence-electron chi connectivity index (χ4n) is 1.83. The quantitative estimate of drug-likeness (QED) is 0.806. The van der Waals surface area contributed by atoms with E-state index < -0.39 is 11.8 Å². The van der Waals surface area contributed by atoms with Gasteiger partial charge in [-0.3, -0.25) is 0 Å². The van der Waals surface area contributed by atoms with Crippen LogP contribution in [0, 0.1) is 5.82 Å². The zero-order valence-electron chi connectivity index (χ0n) is 12.3. The molecule has 0 unspecified atom stereocenters. The van der Waals surface area contributed by atoms with Gasteiger partial charge >= 0.3 is 5.97 Å². The maximum Gasteiger partial charge on any atom is 0.344 e. The van der Waals surface area contributed by atoms with E-state index in [4.69, 9.17) is 20.9 Å². The van der Waals surface area contributed by atoms with Gasteiger partial charge in [-0.1, -0.05) is 22.8 Å². The molecular weight excluding hydrogens is 311 g/mol. The first-order valence-corrected chi connectivity index (χ1v) is 6.70. The Hall–Kier alpha value is -2.34. The van der Waals surface area contributed by atoms with E-state index in [-0.39, 0.29) is 27.6 Å². The van der Waals surface area contributed by atoms with Crippen molar-refractivity contribution in [3.63, 3.8) is 0 Å². The van der Waals surface area contributed by atoms with E-state index in [1.807, 2.05) is 0 Å². The second kappa shape index (κ2) is 6.62. The first-order valence-electron chi connectivity index (χ1n) is 6.32. The Morgan fingerprint density at radius 3 is 2.77 bits per heavy atom. The third-order valence-electron chi connectivity index (χ3n) is 2.83. The van der Waals surface area contributed by atoms with E-state index in [9.17, 15) is 9.18 Å². The topological polar surface area (TPSA) is 55.6 Å². The molecule has 1 aromatic carbocycles. The molecule has 116 valence electrons. The lowest BCUT2D eigenvalue weighted by Gasteiger charge is -2.05. The van der Waals surface area contributed by atoms with Crippen LogP contribution >= 0.6 is 11.6 Å². The minimum Gasteiger partial charge on any atom is -0.465 e. The van der Waals surface area contributed by atoms with E-state index in [2.05, 4.69) is 5.16 Å². The Labute approximate surface area is 131 Å². The zero-order valence-corrected chi connectivity index (χ0v) is 13.0. The fraction of sp³-hybridized carbons (Fsp3) is 0.200. The van der Waals surface area contributed by atoms with E-state index in [1.54, 1.807) is 25.2 Å². The van der Waals surface area contributed by atoms with Crippen LogP contribution in [0.5, 0.6) is 0 Å². The molecule has 0 fully saturated rings. The van der Waals surface area contributed by atoms with Crippen LogP contribution in [0.1, 0.15) is 16.1 Å². The molecule has 0 saturated carbocycles. The first kappa shape index (κ1) is 16.0. The molecule has 0 amide bonds. The van der Waals surface area contributed by atoms with Crippen LogP contribution in [0.3, 0.4) is 0 Å². The number of methoxy groups -OCH3 is 1. The van der Waals surface area contributed by atoms with Crippen molar-refractivity contribution < 1.29 is 18.4 Å². The summed E-state index contributed by atoms with van der Waals surface area (Å²) in [4.78, 5) is 13.8. The maximum absolute atomic E-state index is 14.1. The van der Waals surface area contributed by atoms with E-state index >= 15 is 0 Å². The molecule has 0 bridgehead atoms. The Morgan fingerprint density at radius 1 is 1.45 bits per heavy atom. The number of carbonyl (C=O) groups excluding carboxylic acids is 1. The lowest BCUT2D eigenvalue weighted by atomic mass is 10.1. The highest BCUT2D eigenvalue weighted by Crippen LogP contribution is 2.34. The average molecular weight is 325 g/mol. The molecular formula is C15H14ClFN2O3. The summed E-state index contributed by atoms with van der Waals surface area (Å²) in [5, 5.41) is 3.91. The number of halogens is 2. The molecule has 0 saturated heterocycles. The van der Waals surface area contributed by atoms with Gasteiger partial charge < -0.3 is 14.2 Å². The summed E-state index contributed by atoms with van der Waals surface area (Å²) in [5.41, 5.74) is 0.0266. The highest BCUT2D eigenvalue weighted by atomic mass is 35.5. The molecule has 0 atom stereocenters. The Morgan fingerprint density at radius 2 is 2.18 bits per heavy atom. The molecule has 2 rings (SSSR count). The van der Waals surface area contributed by atoms with Crippen LogP contribution in [0.25, 0.3) is 17.3 Å². The number of nitrogens with zero attached hydrogens (tertiary/aromatic N) is 2. The van der Waals surface area contributed by atoms with Gasteiger partial charge in [-0.05, 0) is 12.1 Å². The van der Waals surface area contributed by atoms with Crippen molar-refractivity contribution in [1.29, 1.82) is 0 Å². The molecule has 0 spiro atoms. The number of carbonyl (C=O) groups is 1. The summed E-state index contributed by atoms with van der Waals surface area (Å²) in [7, 11) is 4.83. The average Bonchev–Trinajstić information content (AvgIpc) is 2.88. The van der Waals surface area contributed by atoms with Crippen LogP contribution in [0.15, 0.2) is 28.9 Å². The smallest absolute Gasteiger partial charge is 0.344 e. The van der Waals surface area contributed by atoms with Crippen molar-refractivity contribution in [3.8, 4) is 11.3 Å². The van der Waals surface area contributed by atoms with Crippen molar-refractivity contribution in [2.45, 2.75) is 0 Å². The summed E-state index contributed by atoms with van der Waals surface area (Å²) in [6, 6.07) is 4.20. The van der Waals surface area contributed by atoms with Crippen molar-refractivity contribution in [2.75, 3.05) is 21.2 Å². The summed E-state index contributed by atoms with van der Waals surface area (Å²) < 4.78 is 23.9. The van der Waals surface area contributed by atoms with Gasteiger partial charge in [0.05, 0.1) is 17.7 Å². The number of hydrogen-bond donors (Lipinski definition) is 0. The molecule has 2 aromatic rings. The number of hydrogen-bond acceptors (Lipinski definition) is 5. The second-order valence-corrected chi connectivity index (χ2v) is 5.05. The third kappa shape index (κ3) is 3.12. The summed E-state index contributed by atoms with van der Waals surface area (Å²) in [6.07, 6.45) is 3.21. The number of aromatic nitrogens is 1. The van der Waals surface area contributed by atoms with Crippen molar-refractivity contribution in [2.24, 2.45) is 0 Å². The van der Waals surface area contributed by atoms with Gasteiger partial charge in [0, 0.05) is 26.4 Å². The largest absolute Gasteiger partial charge is 0.465 e. The van der Waals surface area contributed by atoms with Crippen LogP contribution in [0.4, 0.5) is 4.39 Å². The molecule has 5 nitrogen and oxygen atoms in total. The molecule has 1 heterocycles. The fourth-order valence-corrected chi connectivity index (χ4v) is 2.08. The normalized spacial score (nSPS) is 11.0. The lowest BCUT2D eigenvalue weighted by Crippen LogP contribution is -2.05. The summed E-state index contributed by atoms with van der Waals surface area (Å²) >= 11 is 6.02. The Bertz CT molecular complexity index is 705. The SMILES string of the molecule is COC(=O)c1c(-c2c(F)cccc2Cl)noc1/C=C\N(C)C. The maximum atomic E-state index is 14.1. The Balaban J connectivity index is 2.65. The molecule has 0 radical (unpaired) electrons. The third-order valence-corrected chi connectivity index (χ3v) is 3.15.